The molecule has 0 atom stereocenters. The van der Waals surface area contributed by atoms with E-state index in [0.717, 1.165) is 0 Å². The second kappa shape index (κ2) is 4.39. The fraction of sp³-hybridized carbons (Fsp3) is 0.833. The van der Waals surface area contributed by atoms with Crippen molar-refractivity contribution in [3.8, 4) is 0 Å². The highest BCUT2D eigenvalue weighted by atomic mass is 79.9. The predicted molar refractivity (Wildman–Crippen MR) is 53.7 cm³/mol. The van der Waals surface area contributed by atoms with Gasteiger partial charge in [0.25, 0.3) is 0 Å². The Balaban J connectivity index is 4.42. The van der Waals surface area contributed by atoms with Gasteiger partial charge in [-0.15, -0.1) is 0 Å². The van der Waals surface area contributed by atoms with Crippen LogP contribution in [0.25, 0.3) is 0 Å². The molecule has 3 N–H and O–H groups in total. The maximum Gasteiger partial charge on any atom is 0.222 e. The molecule has 0 saturated heterocycles. The van der Waals surface area contributed by atoms with E-state index < -0.39 is 21.5 Å². The van der Waals surface area contributed by atoms with Crippen molar-refractivity contribution in [1.82, 2.24) is 4.72 Å². The molecule has 13 heavy (non-hydrogen) atoms. The Labute approximate surface area is 86.2 Å². The number of hydrogen-bond acceptors (Lipinski definition) is 3. The van der Waals surface area contributed by atoms with E-state index in [9.17, 15) is 13.2 Å². The van der Waals surface area contributed by atoms with Crippen molar-refractivity contribution >= 4 is 31.9 Å². The molecule has 0 unspecified atom stereocenters. The Morgan fingerprint density at radius 3 is 2.31 bits per heavy atom. The molecule has 0 spiro atoms. The van der Waals surface area contributed by atoms with Crippen LogP contribution in [0.3, 0.4) is 0 Å². The van der Waals surface area contributed by atoms with Crippen molar-refractivity contribution in [3.05, 3.63) is 0 Å². The van der Waals surface area contributed by atoms with Gasteiger partial charge in [0.15, 0.2) is 0 Å². The van der Waals surface area contributed by atoms with E-state index in [1.165, 1.54) is 0 Å². The monoisotopic (exact) mass is 272 g/mol. The number of nitrogens with two attached hydrogens (primary N) is 1. The topological polar surface area (TPSA) is 89.3 Å². The second-order valence-corrected chi connectivity index (χ2v) is 6.38. The first-order chi connectivity index (χ1) is 5.68. The molecule has 0 heterocycles. The number of nitrogens with one attached hydrogen (secondary N) is 1. The summed E-state index contributed by atoms with van der Waals surface area (Å²) >= 11 is 2.82. The van der Waals surface area contributed by atoms with Crippen LogP contribution in [-0.2, 0) is 14.8 Å². The molecule has 0 saturated carbocycles. The Morgan fingerprint density at radius 1 is 1.54 bits per heavy atom. The Hall–Kier alpha value is -0.140. The van der Waals surface area contributed by atoms with Gasteiger partial charge < -0.3 is 5.73 Å². The minimum Gasteiger partial charge on any atom is -0.370 e. The van der Waals surface area contributed by atoms with Crippen molar-refractivity contribution in [2.45, 2.75) is 25.8 Å². The predicted octanol–water partition coefficient (Wildman–Crippen LogP) is -0.0878. The van der Waals surface area contributed by atoms with Crippen LogP contribution in [0, 0.1) is 0 Å². The van der Waals surface area contributed by atoms with E-state index in [2.05, 4.69) is 20.7 Å². The lowest BCUT2D eigenvalue weighted by atomic mass is 10.0. The lowest BCUT2D eigenvalue weighted by Gasteiger charge is -2.23. The van der Waals surface area contributed by atoms with E-state index >= 15 is 0 Å². The smallest absolute Gasteiger partial charge is 0.222 e. The van der Waals surface area contributed by atoms with Crippen molar-refractivity contribution in [3.63, 3.8) is 0 Å². The molecule has 7 heteroatoms. The van der Waals surface area contributed by atoms with Gasteiger partial charge in [-0.1, -0.05) is 15.9 Å². The highest BCUT2D eigenvalue weighted by molar-refractivity contribution is 9.10. The first kappa shape index (κ1) is 12.9. The standard InChI is InChI=1S/C6H13BrN2O3S/c1-6(2,3-5(8)10)9-13(11,12)4-7/h9H,3-4H2,1-2H3,(H2,8,10). The zero-order valence-corrected chi connectivity index (χ0v) is 9.91. The number of carbonyl (C=O) groups excluding carboxylic acids is 1. The summed E-state index contributed by atoms with van der Waals surface area (Å²) in [6.07, 6.45) is -0.0285. The summed E-state index contributed by atoms with van der Waals surface area (Å²) in [6, 6.07) is 0. The highest BCUT2D eigenvalue weighted by Crippen LogP contribution is 2.10. The Morgan fingerprint density at radius 2 is 2.00 bits per heavy atom. The normalized spacial score (nSPS) is 12.8. The maximum absolute atomic E-state index is 11.1. The van der Waals surface area contributed by atoms with Crippen LogP contribution in [-0.4, -0.2) is 24.5 Å². The molecule has 0 rings (SSSR count). The summed E-state index contributed by atoms with van der Waals surface area (Å²) in [5.41, 5.74) is 4.12. The van der Waals surface area contributed by atoms with Crippen LogP contribution >= 0.6 is 15.9 Å². The van der Waals surface area contributed by atoms with E-state index in [1.807, 2.05) is 0 Å². The second-order valence-electron chi connectivity index (χ2n) is 3.35. The summed E-state index contributed by atoms with van der Waals surface area (Å²) in [6.45, 7) is 3.19. The average molecular weight is 273 g/mol. The number of alkyl halides is 1. The van der Waals surface area contributed by atoms with Crippen molar-refractivity contribution in [1.29, 1.82) is 0 Å². The third kappa shape index (κ3) is 6.00. The molecule has 0 bridgehead atoms. The number of rotatable bonds is 5. The third-order valence-corrected chi connectivity index (χ3v) is 4.15. The van der Waals surface area contributed by atoms with Crippen LogP contribution in [0.2, 0.25) is 0 Å². The zero-order valence-electron chi connectivity index (χ0n) is 7.50. The van der Waals surface area contributed by atoms with E-state index in [1.54, 1.807) is 13.8 Å². The van der Waals surface area contributed by atoms with Crippen molar-refractivity contribution in [2.24, 2.45) is 5.73 Å². The summed E-state index contributed by atoms with van der Waals surface area (Å²) in [5, 5.41) is 0. The van der Waals surface area contributed by atoms with Crippen LogP contribution in [0.5, 0.6) is 0 Å². The van der Waals surface area contributed by atoms with Crippen molar-refractivity contribution < 1.29 is 13.2 Å². The van der Waals surface area contributed by atoms with Gasteiger partial charge in [-0.25, -0.2) is 13.1 Å². The van der Waals surface area contributed by atoms with Crippen LogP contribution in [0.4, 0.5) is 0 Å². The molecule has 0 aromatic carbocycles. The van der Waals surface area contributed by atoms with E-state index in [4.69, 9.17) is 5.73 Å². The minimum atomic E-state index is -3.36. The average Bonchev–Trinajstić information content (AvgIpc) is 1.81. The maximum atomic E-state index is 11.1. The summed E-state index contributed by atoms with van der Waals surface area (Å²) in [7, 11) is -3.36. The molecule has 0 aliphatic carbocycles. The number of halogens is 1. The molecule has 0 aromatic heterocycles. The highest BCUT2D eigenvalue weighted by Gasteiger charge is 2.25. The zero-order chi connectivity index (χ0) is 10.7. The molecule has 0 aliphatic rings. The molecule has 0 aliphatic heterocycles. The summed E-state index contributed by atoms with van der Waals surface area (Å²) in [5.74, 6) is -0.540. The number of carbonyl (C=O) groups is 1. The Bertz CT molecular complexity index is 286. The lowest BCUT2D eigenvalue weighted by molar-refractivity contribution is -0.119. The van der Waals surface area contributed by atoms with Crippen LogP contribution in [0.1, 0.15) is 20.3 Å². The quantitative estimate of drug-likeness (QED) is 0.686. The molecule has 1 amide bonds. The van der Waals surface area contributed by atoms with E-state index in [0.29, 0.717) is 0 Å². The first-order valence-electron chi connectivity index (χ1n) is 3.54. The van der Waals surface area contributed by atoms with Gasteiger partial charge >= 0.3 is 0 Å². The number of primary amides is 1. The lowest BCUT2D eigenvalue weighted by Crippen LogP contribution is -2.46. The SMILES string of the molecule is CC(C)(CC(N)=O)NS(=O)(=O)CBr. The molecule has 0 fully saturated rings. The largest absolute Gasteiger partial charge is 0.370 e. The van der Waals surface area contributed by atoms with Crippen LogP contribution in [0.15, 0.2) is 0 Å². The van der Waals surface area contributed by atoms with E-state index in [-0.39, 0.29) is 11.1 Å². The number of hydrogen-bond donors (Lipinski definition) is 2. The summed E-state index contributed by atoms with van der Waals surface area (Å²) < 4.78 is 24.3. The van der Waals surface area contributed by atoms with Crippen molar-refractivity contribution in [2.75, 3.05) is 4.66 Å². The molecule has 5 nitrogen and oxygen atoms in total. The molecular weight excluding hydrogens is 260 g/mol. The first-order valence-corrected chi connectivity index (χ1v) is 6.32. The Kier molecular flexibility index (Phi) is 4.34. The molecule has 0 aromatic rings. The molecule has 0 radical (unpaired) electrons. The van der Waals surface area contributed by atoms with Gasteiger partial charge in [0.2, 0.25) is 15.9 Å². The van der Waals surface area contributed by atoms with Gasteiger partial charge in [-0.3, -0.25) is 4.79 Å². The van der Waals surface area contributed by atoms with Crippen LogP contribution < -0.4 is 10.5 Å². The van der Waals surface area contributed by atoms with Gasteiger partial charge in [0.1, 0.15) is 4.66 Å². The fourth-order valence-electron chi connectivity index (χ4n) is 0.920. The van der Waals surface area contributed by atoms with Gasteiger partial charge in [-0.05, 0) is 13.8 Å². The molecular formula is C6H13BrN2O3S. The fourth-order valence-corrected chi connectivity index (χ4v) is 2.23. The minimum absolute atomic E-state index is 0.0285. The van der Waals surface area contributed by atoms with Gasteiger partial charge in [0.05, 0.1) is 0 Å². The van der Waals surface area contributed by atoms with Gasteiger partial charge in [0, 0.05) is 12.0 Å². The van der Waals surface area contributed by atoms with Gasteiger partial charge in [-0.2, -0.15) is 0 Å². The number of sulfonamides is 1. The summed E-state index contributed by atoms with van der Waals surface area (Å²) in [4.78, 5) is 10.6. The number of amides is 1. The third-order valence-electron chi connectivity index (χ3n) is 1.19. The molecule has 78 valence electrons.